The second-order valence-electron chi connectivity index (χ2n) is 4.26. The number of carboxylic acid groups (broad SMARTS) is 1. The first-order chi connectivity index (χ1) is 8.41. The second kappa shape index (κ2) is 6.05. The summed E-state index contributed by atoms with van der Waals surface area (Å²) < 4.78 is 0. The van der Waals surface area contributed by atoms with Crippen LogP contribution in [0.15, 0.2) is 24.3 Å². The standard InChI is InChI=1S/C13H18N2O3/c1-8-6-4-5-7-11(8)9(2)14-13(18)15-10(3)12(16)17/h4-7,9-10H,1-3H3,(H,16,17)(H2,14,15,18)/t9?,10-/m1/s1. The quantitative estimate of drug-likeness (QED) is 0.762. The van der Waals surface area contributed by atoms with Gasteiger partial charge in [-0.2, -0.15) is 0 Å². The number of carboxylic acids is 1. The predicted octanol–water partition coefficient (Wildman–Crippen LogP) is 1.83. The van der Waals surface area contributed by atoms with Crippen LogP contribution in [-0.2, 0) is 4.79 Å². The molecule has 0 aliphatic rings. The van der Waals surface area contributed by atoms with E-state index < -0.39 is 18.0 Å². The van der Waals surface area contributed by atoms with Crippen molar-refractivity contribution in [3.05, 3.63) is 35.4 Å². The highest BCUT2D eigenvalue weighted by molar-refractivity contribution is 5.82. The van der Waals surface area contributed by atoms with Crippen molar-refractivity contribution in [1.29, 1.82) is 0 Å². The molecule has 0 spiro atoms. The van der Waals surface area contributed by atoms with Crippen LogP contribution < -0.4 is 10.6 Å². The lowest BCUT2D eigenvalue weighted by Crippen LogP contribution is -2.45. The molecular formula is C13H18N2O3. The first-order valence-corrected chi connectivity index (χ1v) is 5.77. The van der Waals surface area contributed by atoms with E-state index in [1.54, 1.807) is 0 Å². The molecule has 0 radical (unpaired) electrons. The van der Waals surface area contributed by atoms with Crippen LogP contribution >= 0.6 is 0 Å². The third-order valence-electron chi connectivity index (χ3n) is 2.72. The Kier molecular flexibility index (Phi) is 4.71. The highest BCUT2D eigenvalue weighted by Crippen LogP contribution is 2.16. The van der Waals surface area contributed by atoms with Crippen LogP contribution in [0.2, 0.25) is 0 Å². The Balaban J connectivity index is 2.60. The summed E-state index contributed by atoms with van der Waals surface area (Å²) in [5, 5.41) is 13.7. The summed E-state index contributed by atoms with van der Waals surface area (Å²) in [7, 11) is 0. The van der Waals surface area contributed by atoms with E-state index in [1.807, 2.05) is 38.1 Å². The van der Waals surface area contributed by atoms with E-state index in [2.05, 4.69) is 10.6 Å². The highest BCUT2D eigenvalue weighted by atomic mass is 16.4. The Morgan fingerprint density at radius 3 is 2.33 bits per heavy atom. The number of aryl methyl sites for hydroxylation is 1. The van der Waals surface area contributed by atoms with Gasteiger partial charge < -0.3 is 15.7 Å². The third kappa shape index (κ3) is 3.76. The van der Waals surface area contributed by atoms with Gasteiger partial charge in [-0.25, -0.2) is 4.79 Å². The van der Waals surface area contributed by atoms with E-state index in [1.165, 1.54) is 6.92 Å². The Labute approximate surface area is 106 Å². The SMILES string of the molecule is Cc1ccccc1C(C)NC(=O)N[C@H](C)C(=O)O. The molecule has 1 rings (SSSR count). The average Bonchev–Trinajstić information content (AvgIpc) is 2.28. The highest BCUT2D eigenvalue weighted by Gasteiger charge is 2.16. The van der Waals surface area contributed by atoms with Gasteiger partial charge >= 0.3 is 12.0 Å². The Morgan fingerprint density at radius 2 is 1.78 bits per heavy atom. The zero-order valence-corrected chi connectivity index (χ0v) is 10.7. The minimum atomic E-state index is -1.06. The summed E-state index contributed by atoms with van der Waals surface area (Å²) in [4.78, 5) is 22.2. The minimum Gasteiger partial charge on any atom is -0.480 e. The van der Waals surface area contributed by atoms with Gasteiger partial charge in [0.1, 0.15) is 6.04 Å². The van der Waals surface area contributed by atoms with Crippen LogP contribution in [-0.4, -0.2) is 23.1 Å². The summed E-state index contributed by atoms with van der Waals surface area (Å²) >= 11 is 0. The van der Waals surface area contributed by atoms with Crippen LogP contribution in [0.3, 0.4) is 0 Å². The number of hydrogen-bond acceptors (Lipinski definition) is 2. The summed E-state index contributed by atoms with van der Waals surface area (Å²) in [5.74, 6) is -1.06. The van der Waals surface area contributed by atoms with Crippen molar-refractivity contribution >= 4 is 12.0 Å². The molecule has 1 aromatic carbocycles. The lowest BCUT2D eigenvalue weighted by Gasteiger charge is -2.18. The van der Waals surface area contributed by atoms with E-state index in [0.29, 0.717) is 0 Å². The molecule has 2 amide bonds. The number of nitrogens with one attached hydrogen (secondary N) is 2. The fraction of sp³-hybridized carbons (Fsp3) is 0.385. The maximum atomic E-state index is 11.6. The first kappa shape index (κ1) is 14.0. The van der Waals surface area contributed by atoms with E-state index in [9.17, 15) is 9.59 Å². The van der Waals surface area contributed by atoms with Crippen molar-refractivity contribution in [2.45, 2.75) is 32.9 Å². The van der Waals surface area contributed by atoms with Gasteiger partial charge in [0.25, 0.3) is 0 Å². The number of amides is 2. The number of carbonyl (C=O) groups excluding carboxylic acids is 1. The van der Waals surface area contributed by atoms with Crippen molar-refractivity contribution in [2.24, 2.45) is 0 Å². The topological polar surface area (TPSA) is 78.4 Å². The Hall–Kier alpha value is -2.04. The number of urea groups is 1. The van der Waals surface area contributed by atoms with E-state index in [-0.39, 0.29) is 6.04 Å². The molecule has 1 aromatic rings. The molecule has 2 atom stereocenters. The van der Waals surface area contributed by atoms with Crippen LogP contribution in [0.5, 0.6) is 0 Å². The van der Waals surface area contributed by atoms with Crippen molar-refractivity contribution in [2.75, 3.05) is 0 Å². The molecule has 98 valence electrons. The predicted molar refractivity (Wildman–Crippen MR) is 68.4 cm³/mol. The number of hydrogen-bond donors (Lipinski definition) is 3. The van der Waals surface area contributed by atoms with Crippen LogP contribution in [0.1, 0.15) is 31.0 Å². The zero-order chi connectivity index (χ0) is 13.7. The lowest BCUT2D eigenvalue weighted by atomic mass is 10.0. The molecule has 0 heterocycles. The number of rotatable bonds is 4. The fourth-order valence-corrected chi connectivity index (χ4v) is 1.65. The molecule has 5 heteroatoms. The van der Waals surface area contributed by atoms with Gasteiger partial charge in [-0.15, -0.1) is 0 Å². The van der Waals surface area contributed by atoms with Gasteiger partial charge in [-0.3, -0.25) is 4.79 Å². The van der Waals surface area contributed by atoms with Crippen molar-refractivity contribution in [3.63, 3.8) is 0 Å². The lowest BCUT2D eigenvalue weighted by molar-refractivity contribution is -0.138. The van der Waals surface area contributed by atoms with Gasteiger partial charge in [-0.05, 0) is 31.9 Å². The molecule has 0 saturated heterocycles. The summed E-state index contributed by atoms with van der Waals surface area (Å²) in [6, 6.07) is 6.16. The van der Waals surface area contributed by atoms with Gasteiger partial charge in [0.2, 0.25) is 0 Å². The van der Waals surface area contributed by atoms with Crippen LogP contribution in [0, 0.1) is 6.92 Å². The molecule has 18 heavy (non-hydrogen) atoms. The molecule has 0 fully saturated rings. The van der Waals surface area contributed by atoms with E-state index >= 15 is 0 Å². The van der Waals surface area contributed by atoms with Gasteiger partial charge in [0, 0.05) is 0 Å². The first-order valence-electron chi connectivity index (χ1n) is 5.77. The normalized spacial score (nSPS) is 13.5. The zero-order valence-electron chi connectivity index (χ0n) is 10.7. The molecule has 0 bridgehead atoms. The minimum absolute atomic E-state index is 0.174. The largest absolute Gasteiger partial charge is 0.480 e. The molecule has 0 aliphatic heterocycles. The number of carbonyl (C=O) groups is 2. The molecule has 0 aromatic heterocycles. The maximum absolute atomic E-state index is 11.6. The third-order valence-corrected chi connectivity index (χ3v) is 2.72. The summed E-state index contributed by atoms with van der Waals surface area (Å²) in [5.41, 5.74) is 2.09. The molecular weight excluding hydrogens is 232 g/mol. The monoisotopic (exact) mass is 250 g/mol. The van der Waals surface area contributed by atoms with Crippen molar-refractivity contribution < 1.29 is 14.7 Å². The molecule has 1 unspecified atom stereocenters. The van der Waals surface area contributed by atoms with Crippen LogP contribution in [0.4, 0.5) is 4.79 Å². The number of benzene rings is 1. The maximum Gasteiger partial charge on any atom is 0.325 e. The van der Waals surface area contributed by atoms with Gasteiger partial charge in [-0.1, -0.05) is 24.3 Å². The Morgan fingerprint density at radius 1 is 1.17 bits per heavy atom. The summed E-state index contributed by atoms with van der Waals surface area (Å²) in [6.45, 7) is 5.24. The van der Waals surface area contributed by atoms with E-state index in [4.69, 9.17) is 5.11 Å². The van der Waals surface area contributed by atoms with Gasteiger partial charge in [0.15, 0.2) is 0 Å². The molecule has 5 nitrogen and oxygen atoms in total. The average molecular weight is 250 g/mol. The van der Waals surface area contributed by atoms with Crippen molar-refractivity contribution in [3.8, 4) is 0 Å². The molecule has 0 saturated carbocycles. The second-order valence-corrected chi connectivity index (χ2v) is 4.26. The van der Waals surface area contributed by atoms with Crippen molar-refractivity contribution in [1.82, 2.24) is 10.6 Å². The van der Waals surface area contributed by atoms with Gasteiger partial charge in [0.05, 0.1) is 6.04 Å². The van der Waals surface area contributed by atoms with Crippen LogP contribution in [0.25, 0.3) is 0 Å². The fourth-order valence-electron chi connectivity index (χ4n) is 1.65. The van der Waals surface area contributed by atoms with E-state index in [0.717, 1.165) is 11.1 Å². The molecule has 0 aliphatic carbocycles. The number of aliphatic carboxylic acids is 1. The molecule has 3 N–H and O–H groups in total. The summed E-state index contributed by atoms with van der Waals surface area (Å²) in [6.07, 6.45) is 0. The smallest absolute Gasteiger partial charge is 0.325 e. The Bertz CT molecular complexity index is 446.